The van der Waals surface area contributed by atoms with Crippen LogP contribution in [0, 0.1) is 5.92 Å². The monoisotopic (exact) mass is 240 g/mol. The number of hydrogen-bond acceptors (Lipinski definition) is 3. The molecule has 2 unspecified atom stereocenters. The van der Waals surface area contributed by atoms with Gasteiger partial charge in [0.2, 0.25) is 5.91 Å². The fourth-order valence-corrected chi connectivity index (χ4v) is 2.35. The van der Waals surface area contributed by atoms with Crippen LogP contribution in [0.25, 0.3) is 0 Å². The Hall–Kier alpha value is -1.10. The maximum atomic E-state index is 11.6. The summed E-state index contributed by atoms with van der Waals surface area (Å²) in [7, 11) is 0. The van der Waals surface area contributed by atoms with Gasteiger partial charge >= 0.3 is 5.97 Å². The van der Waals surface area contributed by atoms with Crippen LogP contribution >= 0.6 is 0 Å². The lowest BCUT2D eigenvalue weighted by atomic mass is 9.86. The fourth-order valence-electron chi connectivity index (χ4n) is 2.35. The van der Waals surface area contributed by atoms with Crippen molar-refractivity contribution in [2.24, 2.45) is 5.92 Å². The molecule has 5 nitrogen and oxygen atoms in total. The third-order valence-electron chi connectivity index (χ3n) is 3.52. The minimum absolute atomic E-state index is 0.00654. The Morgan fingerprint density at radius 1 is 1.12 bits per heavy atom. The molecular formula is C12H20N2O3. The normalized spacial score (nSPS) is 28.7. The van der Waals surface area contributed by atoms with E-state index >= 15 is 0 Å². The Bertz CT molecular complexity index is 302. The summed E-state index contributed by atoms with van der Waals surface area (Å²) in [6.07, 6.45) is 5.43. The molecule has 0 spiro atoms. The molecule has 0 heterocycles. The summed E-state index contributed by atoms with van der Waals surface area (Å²) >= 11 is 0. The molecule has 2 rings (SSSR count). The first-order valence-electron chi connectivity index (χ1n) is 6.40. The Kier molecular flexibility index (Phi) is 3.99. The number of carbonyl (C=O) groups excluding carboxylic acids is 1. The van der Waals surface area contributed by atoms with E-state index in [2.05, 4.69) is 10.6 Å². The van der Waals surface area contributed by atoms with Gasteiger partial charge in [0, 0.05) is 12.1 Å². The van der Waals surface area contributed by atoms with Crippen molar-refractivity contribution in [2.45, 2.75) is 50.6 Å². The molecule has 0 radical (unpaired) electrons. The van der Waals surface area contributed by atoms with E-state index in [0.29, 0.717) is 19.0 Å². The van der Waals surface area contributed by atoms with Crippen molar-refractivity contribution >= 4 is 11.9 Å². The van der Waals surface area contributed by atoms with Gasteiger partial charge in [0.25, 0.3) is 0 Å². The third-order valence-corrected chi connectivity index (χ3v) is 3.52. The van der Waals surface area contributed by atoms with Crippen LogP contribution in [0.3, 0.4) is 0 Å². The van der Waals surface area contributed by atoms with Gasteiger partial charge in [-0.05, 0) is 32.1 Å². The van der Waals surface area contributed by atoms with Gasteiger partial charge in [-0.1, -0.05) is 6.42 Å². The van der Waals surface area contributed by atoms with Gasteiger partial charge in [-0.25, -0.2) is 0 Å². The second-order valence-electron chi connectivity index (χ2n) is 5.12. The van der Waals surface area contributed by atoms with E-state index in [1.165, 1.54) is 0 Å². The number of hydrogen-bond donors (Lipinski definition) is 3. The summed E-state index contributed by atoms with van der Waals surface area (Å²) in [6, 6.07) is 0.567. The first kappa shape index (κ1) is 12.4. The number of nitrogens with one attached hydrogen (secondary N) is 2. The maximum absolute atomic E-state index is 11.6. The number of aliphatic carboxylic acids is 1. The second kappa shape index (κ2) is 5.49. The number of rotatable bonds is 5. The van der Waals surface area contributed by atoms with Crippen molar-refractivity contribution in [3.63, 3.8) is 0 Å². The lowest BCUT2D eigenvalue weighted by molar-refractivity contribution is -0.143. The highest BCUT2D eigenvalue weighted by Crippen LogP contribution is 2.24. The molecule has 0 aromatic carbocycles. The standard InChI is InChI=1S/C12H20N2O3/c15-11(7-13-9-4-5-9)14-10-3-1-2-8(6-10)12(16)17/h8-10,13H,1-7H2,(H,14,15)(H,16,17). The van der Waals surface area contributed by atoms with Crippen LogP contribution in [0.1, 0.15) is 38.5 Å². The van der Waals surface area contributed by atoms with Gasteiger partial charge in [-0.3, -0.25) is 9.59 Å². The van der Waals surface area contributed by atoms with Gasteiger partial charge in [0.05, 0.1) is 12.5 Å². The topological polar surface area (TPSA) is 78.4 Å². The van der Waals surface area contributed by atoms with Crippen LogP contribution in [0.15, 0.2) is 0 Å². The smallest absolute Gasteiger partial charge is 0.306 e. The zero-order chi connectivity index (χ0) is 12.3. The first-order chi connectivity index (χ1) is 8.15. The molecule has 3 N–H and O–H groups in total. The predicted molar refractivity (Wildman–Crippen MR) is 62.5 cm³/mol. The highest BCUT2D eigenvalue weighted by atomic mass is 16.4. The fraction of sp³-hybridized carbons (Fsp3) is 0.833. The highest BCUT2D eigenvalue weighted by Gasteiger charge is 2.28. The van der Waals surface area contributed by atoms with Crippen molar-refractivity contribution in [1.29, 1.82) is 0 Å². The highest BCUT2D eigenvalue weighted by molar-refractivity contribution is 5.78. The average Bonchev–Trinajstić information content (AvgIpc) is 3.10. The van der Waals surface area contributed by atoms with E-state index in [1.807, 2.05) is 0 Å². The summed E-state index contributed by atoms with van der Waals surface area (Å²) in [5.74, 6) is -1.03. The molecule has 0 bridgehead atoms. The molecule has 0 aromatic heterocycles. The number of carboxylic acids is 1. The van der Waals surface area contributed by atoms with Crippen molar-refractivity contribution in [3.05, 3.63) is 0 Å². The van der Waals surface area contributed by atoms with Crippen LogP contribution in [-0.2, 0) is 9.59 Å². The summed E-state index contributed by atoms with van der Waals surface area (Å²) in [5, 5.41) is 15.0. The molecule has 0 aliphatic heterocycles. The van der Waals surface area contributed by atoms with E-state index in [1.54, 1.807) is 0 Å². The molecule has 0 saturated heterocycles. The van der Waals surface area contributed by atoms with Gasteiger partial charge in [0.1, 0.15) is 0 Å². The van der Waals surface area contributed by atoms with E-state index < -0.39 is 5.97 Å². The molecule has 17 heavy (non-hydrogen) atoms. The molecular weight excluding hydrogens is 220 g/mol. The van der Waals surface area contributed by atoms with Gasteiger partial charge in [-0.2, -0.15) is 0 Å². The molecule has 5 heteroatoms. The summed E-state index contributed by atoms with van der Waals surface area (Å²) in [5.41, 5.74) is 0. The lowest BCUT2D eigenvalue weighted by Crippen LogP contribution is -2.43. The van der Waals surface area contributed by atoms with Crippen LogP contribution in [-0.4, -0.2) is 35.6 Å². The van der Waals surface area contributed by atoms with Crippen molar-refractivity contribution in [1.82, 2.24) is 10.6 Å². The summed E-state index contributed by atoms with van der Waals surface area (Å²) in [6.45, 7) is 0.360. The summed E-state index contributed by atoms with van der Waals surface area (Å²) < 4.78 is 0. The zero-order valence-electron chi connectivity index (χ0n) is 9.95. The van der Waals surface area contributed by atoms with E-state index in [-0.39, 0.29) is 17.9 Å². The largest absolute Gasteiger partial charge is 0.481 e. The Morgan fingerprint density at radius 2 is 1.88 bits per heavy atom. The Balaban J connectivity index is 1.69. The molecule has 2 saturated carbocycles. The molecule has 2 fully saturated rings. The molecule has 96 valence electrons. The predicted octanol–water partition coefficient (Wildman–Crippen LogP) is 0.498. The minimum atomic E-state index is -0.736. The number of carbonyl (C=O) groups is 2. The number of amides is 1. The maximum Gasteiger partial charge on any atom is 0.306 e. The van der Waals surface area contributed by atoms with Crippen LogP contribution in [0.2, 0.25) is 0 Å². The average molecular weight is 240 g/mol. The third kappa shape index (κ3) is 4.00. The van der Waals surface area contributed by atoms with Crippen LogP contribution in [0.4, 0.5) is 0 Å². The Labute approximate surface area is 101 Å². The van der Waals surface area contributed by atoms with Crippen LogP contribution in [0.5, 0.6) is 0 Å². The van der Waals surface area contributed by atoms with Gasteiger partial charge in [-0.15, -0.1) is 0 Å². The molecule has 1 amide bonds. The minimum Gasteiger partial charge on any atom is -0.481 e. The van der Waals surface area contributed by atoms with Gasteiger partial charge in [0.15, 0.2) is 0 Å². The summed E-state index contributed by atoms with van der Waals surface area (Å²) in [4.78, 5) is 22.5. The quantitative estimate of drug-likeness (QED) is 0.654. The Morgan fingerprint density at radius 3 is 2.53 bits per heavy atom. The molecule has 0 aromatic rings. The van der Waals surface area contributed by atoms with Crippen molar-refractivity contribution in [3.8, 4) is 0 Å². The molecule has 2 aliphatic carbocycles. The lowest BCUT2D eigenvalue weighted by Gasteiger charge is -2.27. The SMILES string of the molecule is O=C(CNC1CC1)NC1CCCC(C(=O)O)C1. The molecule has 2 atom stereocenters. The van der Waals surface area contributed by atoms with E-state index in [0.717, 1.165) is 32.1 Å². The van der Waals surface area contributed by atoms with Crippen molar-refractivity contribution in [2.75, 3.05) is 6.54 Å². The van der Waals surface area contributed by atoms with Crippen LogP contribution < -0.4 is 10.6 Å². The van der Waals surface area contributed by atoms with E-state index in [9.17, 15) is 9.59 Å². The van der Waals surface area contributed by atoms with E-state index in [4.69, 9.17) is 5.11 Å². The first-order valence-corrected chi connectivity index (χ1v) is 6.40. The zero-order valence-corrected chi connectivity index (χ0v) is 9.95. The molecule has 2 aliphatic rings. The van der Waals surface area contributed by atoms with Crippen molar-refractivity contribution < 1.29 is 14.7 Å². The van der Waals surface area contributed by atoms with Gasteiger partial charge < -0.3 is 15.7 Å². The second-order valence-corrected chi connectivity index (χ2v) is 5.12. The number of carboxylic acid groups (broad SMARTS) is 1.